The van der Waals surface area contributed by atoms with Crippen LogP contribution in [0.15, 0.2) is 134 Å². The van der Waals surface area contributed by atoms with E-state index in [-0.39, 0.29) is 37.5 Å². The van der Waals surface area contributed by atoms with E-state index >= 15 is 0 Å². The summed E-state index contributed by atoms with van der Waals surface area (Å²) in [6.07, 6.45) is 84.9. The Labute approximate surface area is 449 Å². The summed E-state index contributed by atoms with van der Waals surface area (Å²) in [5.41, 5.74) is 0. The Balaban J connectivity index is 4.10. The van der Waals surface area contributed by atoms with Gasteiger partial charge in [0.15, 0.2) is 6.10 Å². The lowest BCUT2D eigenvalue weighted by Gasteiger charge is -2.18. The average molecular weight is 1010 g/mol. The molecule has 0 N–H and O–H groups in total. The van der Waals surface area contributed by atoms with Crippen LogP contribution in [0.2, 0.25) is 0 Å². The first-order chi connectivity index (χ1) is 36.0. The maximum absolute atomic E-state index is 12.8. The molecule has 0 aromatic rings. The van der Waals surface area contributed by atoms with Crippen LogP contribution in [0.3, 0.4) is 0 Å². The zero-order valence-electron chi connectivity index (χ0n) is 47.1. The van der Waals surface area contributed by atoms with Gasteiger partial charge in [0.2, 0.25) is 0 Å². The number of carbonyl (C=O) groups excluding carboxylic acids is 3. The molecule has 6 nitrogen and oxygen atoms in total. The summed E-state index contributed by atoms with van der Waals surface area (Å²) >= 11 is 0. The molecule has 1 atom stereocenters. The van der Waals surface area contributed by atoms with E-state index in [1.807, 2.05) is 0 Å². The van der Waals surface area contributed by atoms with Crippen molar-refractivity contribution in [2.75, 3.05) is 13.2 Å². The van der Waals surface area contributed by atoms with Gasteiger partial charge < -0.3 is 14.2 Å². The Morgan fingerprint density at radius 2 is 0.534 bits per heavy atom. The molecular formula is C67H108O6. The second kappa shape index (κ2) is 60.1. The molecule has 0 radical (unpaired) electrons. The maximum Gasteiger partial charge on any atom is 0.306 e. The lowest BCUT2D eigenvalue weighted by molar-refractivity contribution is -0.167. The smallest absolute Gasteiger partial charge is 0.306 e. The first-order valence-corrected chi connectivity index (χ1v) is 29.7. The van der Waals surface area contributed by atoms with Gasteiger partial charge in [-0.2, -0.15) is 0 Å². The second-order valence-corrected chi connectivity index (χ2v) is 19.1. The number of carbonyl (C=O) groups is 3. The third-order valence-electron chi connectivity index (χ3n) is 12.2. The highest BCUT2D eigenvalue weighted by atomic mass is 16.6. The lowest BCUT2D eigenvalue weighted by Crippen LogP contribution is -2.30. The molecular weight excluding hydrogens is 901 g/mol. The summed E-state index contributed by atoms with van der Waals surface area (Å²) in [5, 5.41) is 0. The van der Waals surface area contributed by atoms with E-state index in [2.05, 4.69) is 154 Å². The van der Waals surface area contributed by atoms with Gasteiger partial charge in [0.1, 0.15) is 13.2 Å². The predicted octanol–water partition coefficient (Wildman–Crippen LogP) is 20.2. The maximum atomic E-state index is 12.8. The van der Waals surface area contributed by atoms with Gasteiger partial charge in [0.25, 0.3) is 0 Å². The van der Waals surface area contributed by atoms with Crippen LogP contribution < -0.4 is 0 Å². The highest BCUT2D eigenvalue weighted by Crippen LogP contribution is 2.14. The van der Waals surface area contributed by atoms with E-state index < -0.39 is 6.10 Å². The van der Waals surface area contributed by atoms with Gasteiger partial charge in [0.05, 0.1) is 0 Å². The number of unbranched alkanes of at least 4 members (excludes halogenated alkanes) is 19. The fourth-order valence-electron chi connectivity index (χ4n) is 7.77. The Hall–Kier alpha value is -4.45. The van der Waals surface area contributed by atoms with Crippen LogP contribution >= 0.6 is 0 Å². The third kappa shape index (κ3) is 58.3. The van der Waals surface area contributed by atoms with Crippen molar-refractivity contribution in [2.45, 2.75) is 258 Å². The van der Waals surface area contributed by atoms with Crippen LogP contribution in [0.1, 0.15) is 252 Å². The standard InChI is InChI=1S/C67H108O6/c1-4-7-10-13-16-18-20-22-23-24-25-26-27-28-29-30-31-32-33-34-35-36-37-38-39-40-41-42-43-45-46-48-51-54-57-60-66(69)72-63-64(62-71-65(68)59-56-53-50-15-12-9-6-3)73-67(70)61-58-55-52-49-47-44-21-19-17-14-11-8-5-2/h7-8,10-11,16-19,22-23,25-26,28-29,31-32,34-35,37-38,44,47,64H,4-6,9,12-15,20-21,24,27,30,33,36,39-43,45-46,48-63H2,1-3H3/b10-7-,11-8-,18-16-,19-17-,23-22-,26-25-,29-28-,32-31-,35-34-,38-37-,47-44-. The molecule has 0 rings (SSSR count). The highest BCUT2D eigenvalue weighted by molar-refractivity contribution is 5.71. The van der Waals surface area contributed by atoms with Crippen LogP contribution in [0.25, 0.3) is 0 Å². The molecule has 0 aliphatic carbocycles. The zero-order chi connectivity index (χ0) is 52.9. The van der Waals surface area contributed by atoms with Crippen molar-refractivity contribution in [3.63, 3.8) is 0 Å². The molecule has 0 aliphatic rings. The van der Waals surface area contributed by atoms with E-state index in [0.717, 1.165) is 141 Å². The predicted molar refractivity (Wildman–Crippen MR) is 316 cm³/mol. The number of hydrogen-bond donors (Lipinski definition) is 0. The van der Waals surface area contributed by atoms with Crippen molar-refractivity contribution in [2.24, 2.45) is 0 Å². The summed E-state index contributed by atoms with van der Waals surface area (Å²) < 4.78 is 16.7. The number of rotatable bonds is 52. The summed E-state index contributed by atoms with van der Waals surface area (Å²) in [4.78, 5) is 37.9. The quantitative estimate of drug-likeness (QED) is 0.0261. The molecule has 0 saturated carbocycles. The van der Waals surface area contributed by atoms with Gasteiger partial charge >= 0.3 is 17.9 Å². The number of hydrogen-bond acceptors (Lipinski definition) is 6. The van der Waals surface area contributed by atoms with Crippen molar-refractivity contribution < 1.29 is 28.6 Å². The van der Waals surface area contributed by atoms with Crippen LogP contribution in [-0.4, -0.2) is 37.2 Å². The highest BCUT2D eigenvalue weighted by Gasteiger charge is 2.19. The molecule has 0 heterocycles. The largest absolute Gasteiger partial charge is 0.462 e. The summed E-state index contributed by atoms with van der Waals surface area (Å²) in [5.74, 6) is -0.938. The Morgan fingerprint density at radius 1 is 0.288 bits per heavy atom. The van der Waals surface area contributed by atoms with Crippen molar-refractivity contribution >= 4 is 17.9 Å². The fourth-order valence-corrected chi connectivity index (χ4v) is 7.77. The second-order valence-electron chi connectivity index (χ2n) is 19.1. The van der Waals surface area contributed by atoms with Crippen molar-refractivity contribution in [1.82, 2.24) is 0 Å². The third-order valence-corrected chi connectivity index (χ3v) is 12.2. The van der Waals surface area contributed by atoms with Crippen LogP contribution in [0.5, 0.6) is 0 Å². The fraction of sp³-hybridized carbons (Fsp3) is 0.627. The molecule has 412 valence electrons. The van der Waals surface area contributed by atoms with Gasteiger partial charge in [-0.05, 0) is 116 Å². The first-order valence-electron chi connectivity index (χ1n) is 29.7. The Kier molecular flexibility index (Phi) is 56.4. The van der Waals surface area contributed by atoms with Gasteiger partial charge in [-0.1, -0.05) is 251 Å². The number of esters is 3. The molecule has 0 aliphatic heterocycles. The molecule has 0 fully saturated rings. The normalized spacial score (nSPS) is 13.1. The molecule has 6 heteroatoms. The summed E-state index contributed by atoms with van der Waals surface area (Å²) in [6, 6.07) is 0. The minimum Gasteiger partial charge on any atom is -0.462 e. The first kappa shape index (κ1) is 68.6. The average Bonchev–Trinajstić information content (AvgIpc) is 3.39. The van der Waals surface area contributed by atoms with E-state index in [4.69, 9.17) is 14.2 Å². The van der Waals surface area contributed by atoms with Gasteiger partial charge in [-0.15, -0.1) is 0 Å². The van der Waals surface area contributed by atoms with Crippen molar-refractivity contribution in [3.8, 4) is 0 Å². The van der Waals surface area contributed by atoms with E-state index in [9.17, 15) is 14.4 Å². The van der Waals surface area contributed by atoms with E-state index in [1.165, 1.54) is 70.6 Å². The minimum absolute atomic E-state index is 0.0926. The molecule has 0 aromatic heterocycles. The Morgan fingerprint density at radius 3 is 0.849 bits per heavy atom. The minimum atomic E-state index is -0.794. The molecule has 0 saturated heterocycles. The van der Waals surface area contributed by atoms with Gasteiger partial charge in [-0.3, -0.25) is 14.4 Å². The van der Waals surface area contributed by atoms with Crippen molar-refractivity contribution in [3.05, 3.63) is 134 Å². The van der Waals surface area contributed by atoms with E-state index in [0.29, 0.717) is 12.8 Å². The van der Waals surface area contributed by atoms with Crippen LogP contribution in [-0.2, 0) is 28.6 Å². The topological polar surface area (TPSA) is 78.9 Å². The number of ether oxygens (including phenoxy) is 3. The molecule has 0 aromatic carbocycles. The SMILES string of the molecule is CC/C=C\C/C=C\C/C=C\C/C=C\C/C=C\C/C=C\C/C=C\C/C=C\CCCCCCCCCCCCC(=O)OCC(COC(=O)CCCCCCCCC)OC(=O)CCCCC/C=C\C/C=C\C/C=C\CC. The molecule has 1 unspecified atom stereocenters. The van der Waals surface area contributed by atoms with Crippen LogP contribution in [0, 0.1) is 0 Å². The molecule has 73 heavy (non-hydrogen) atoms. The van der Waals surface area contributed by atoms with Gasteiger partial charge in [-0.25, -0.2) is 0 Å². The summed E-state index contributed by atoms with van der Waals surface area (Å²) in [7, 11) is 0. The zero-order valence-corrected chi connectivity index (χ0v) is 47.1. The van der Waals surface area contributed by atoms with Gasteiger partial charge in [0, 0.05) is 19.3 Å². The van der Waals surface area contributed by atoms with Crippen molar-refractivity contribution in [1.29, 1.82) is 0 Å². The summed E-state index contributed by atoms with van der Waals surface area (Å²) in [6.45, 7) is 6.33. The number of allylic oxidation sites excluding steroid dienone is 22. The van der Waals surface area contributed by atoms with Crippen LogP contribution in [0.4, 0.5) is 0 Å². The monoisotopic (exact) mass is 1010 g/mol. The Bertz CT molecular complexity index is 1580. The molecule has 0 amide bonds. The lowest BCUT2D eigenvalue weighted by atomic mass is 10.1. The molecule has 0 spiro atoms. The van der Waals surface area contributed by atoms with E-state index in [1.54, 1.807) is 0 Å². The molecule has 0 bridgehead atoms.